The number of hydrogen-bond donors (Lipinski definition) is 2. The Labute approximate surface area is 101 Å². The molecular formula is C11H8N4O3. The molecule has 1 aromatic carbocycles. The van der Waals surface area contributed by atoms with E-state index < -0.39 is 11.9 Å². The molecule has 0 radical (unpaired) electrons. The van der Waals surface area contributed by atoms with Gasteiger partial charge in [0, 0.05) is 5.69 Å². The van der Waals surface area contributed by atoms with Crippen molar-refractivity contribution in [3.63, 3.8) is 0 Å². The Morgan fingerprint density at radius 2 is 2.17 bits per heavy atom. The van der Waals surface area contributed by atoms with Crippen LogP contribution in [-0.2, 0) is 6.54 Å². The summed E-state index contributed by atoms with van der Waals surface area (Å²) in [6.45, 7) is 0.310. The number of carbonyl (C=O) groups is 2. The zero-order chi connectivity index (χ0) is 12.7. The van der Waals surface area contributed by atoms with Gasteiger partial charge in [-0.05, 0) is 11.6 Å². The monoisotopic (exact) mass is 244 g/mol. The van der Waals surface area contributed by atoms with Crippen LogP contribution in [0.3, 0.4) is 0 Å². The van der Waals surface area contributed by atoms with Gasteiger partial charge < -0.3 is 10.4 Å². The van der Waals surface area contributed by atoms with E-state index in [1.165, 1.54) is 4.68 Å². The van der Waals surface area contributed by atoms with Gasteiger partial charge in [-0.15, -0.1) is 5.10 Å². The van der Waals surface area contributed by atoms with Crippen molar-refractivity contribution in [2.45, 2.75) is 6.54 Å². The van der Waals surface area contributed by atoms with Crippen LogP contribution < -0.4 is 5.32 Å². The molecule has 1 aromatic heterocycles. The molecule has 0 spiro atoms. The maximum Gasteiger partial charge on any atom is 0.375 e. The van der Waals surface area contributed by atoms with E-state index in [9.17, 15) is 9.59 Å². The van der Waals surface area contributed by atoms with Gasteiger partial charge in [0.15, 0.2) is 0 Å². The Morgan fingerprint density at radius 3 is 2.94 bits per heavy atom. The smallest absolute Gasteiger partial charge is 0.375 e. The van der Waals surface area contributed by atoms with Crippen LogP contribution in [0.5, 0.6) is 0 Å². The summed E-state index contributed by atoms with van der Waals surface area (Å²) in [7, 11) is 0. The normalized spacial score (nSPS) is 13.2. The minimum Gasteiger partial charge on any atom is -0.475 e. The number of para-hydroxylation sites is 1. The van der Waals surface area contributed by atoms with Gasteiger partial charge >= 0.3 is 5.97 Å². The summed E-state index contributed by atoms with van der Waals surface area (Å²) in [4.78, 5) is 26.4. The number of rotatable bonds is 1. The molecule has 18 heavy (non-hydrogen) atoms. The number of amides is 1. The number of aromatic nitrogens is 3. The van der Waals surface area contributed by atoms with Gasteiger partial charge in [0.05, 0.1) is 6.54 Å². The molecule has 0 fully saturated rings. The number of nitrogens with zero attached hydrogens (tertiary/aromatic N) is 3. The zero-order valence-corrected chi connectivity index (χ0v) is 9.12. The fourth-order valence-electron chi connectivity index (χ4n) is 1.83. The molecule has 0 bridgehead atoms. The molecule has 2 N–H and O–H groups in total. The van der Waals surface area contributed by atoms with Crippen molar-refractivity contribution in [3.8, 4) is 0 Å². The minimum absolute atomic E-state index is 0.00333. The number of carboxylic acid groups (broad SMARTS) is 1. The Hall–Kier alpha value is -2.70. The summed E-state index contributed by atoms with van der Waals surface area (Å²) >= 11 is 0. The van der Waals surface area contributed by atoms with Crippen molar-refractivity contribution in [2.24, 2.45) is 0 Å². The summed E-state index contributed by atoms with van der Waals surface area (Å²) in [6, 6.07) is 7.26. The molecule has 3 rings (SSSR count). The van der Waals surface area contributed by atoms with E-state index in [1.807, 2.05) is 18.2 Å². The number of aromatic carboxylic acids is 1. The van der Waals surface area contributed by atoms with Crippen molar-refractivity contribution in [1.29, 1.82) is 0 Å². The molecule has 7 nitrogen and oxygen atoms in total. The highest BCUT2D eigenvalue weighted by Crippen LogP contribution is 2.20. The highest BCUT2D eigenvalue weighted by Gasteiger charge is 2.24. The number of nitrogens with one attached hydrogen (secondary N) is 1. The van der Waals surface area contributed by atoms with E-state index in [1.54, 1.807) is 6.07 Å². The minimum atomic E-state index is -1.25. The van der Waals surface area contributed by atoms with E-state index in [-0.39, 0.29) is 11.6 Å². The van der Waals surface area contributed by atoms with Crippen LogP contribution in [0, 0.1) is 0 Å². The SMILES string of the molecule is O=C(O)c1nc2n(n1)Cc1ccccc1NC2=O. The first-order chi connectivity index (χ1) is 8.65. The van der Waals surface area contributed by atoms with Crippen LogP contribution in [0.15, 0.2) is 24.3 Å². The highest BCUT2D eigenvalue weighted by molar-refractivity contribution is 6.03. The lowest BCUT2D eigenvalue weighted by Crippen LogP contribution is -2.15. The predicted molar refractivity (Wildman–Crippen MR) is 60.5 cm³/mol. The third kappa shape index (κ3) is 1.53. The number of carboxylic acids is 1. The highest BCUT2D eigenvalue weighted by atomic mass is 16.4. The van der Waals surface area contributed by atoms with Crippen molar-refractivity contribution in [2.75, 3.05) is 5.32 Å². The summed E-state index contributed by atoms with van der Waals surface area (Å²) in [5, 5.41) is 15.3. The first kappa shape index (κ1) is 10.5. The number of fused-ring (bicyclic) bond motifs is 2. The van der Waals surface area contributed by atoms with Crippen molar-refractivity contribution >= 4 is 17.6 Å². The molecule has 0 saturated carbocycles. The maximum absolute atomic E-state index is 11.9. The van der Waals surface area contributed by atoms with E-state index >= 15 is 0 Å². The summed E-state index contributed by atoms with van der Waals surface area (Å²) < 4.78 is 1.30. The third-order valence-corrected chi connectivity index (χ3v) is 2.65. The lowest BCUT2D eigenvalue weighted by Gasteiger charge is -2.04. The van der Waals surface area contributed by atoms with Crippen LogP contribution in [-0.4, -0.2) is 31.7 Å². The van der Waals surface area contributed by atoms with Gasteiger partial charge in [0.25, 0.3) is 11.7 Å². The van der Waals surface area contributed by atoms with Gasteiger partial charge in [-0.25, -0.2) is 9.48 Å². The van der Waals surface area contributed by atoms with Crippen LogP contribution in [0.1, 0.15) is 26.8 Å². The topological polar surface area (TPSA) is 97.1 Å². The lowest BCUT2D eigenvalue weighted by molar-refractivity contribution is 0.0683. The second-order valence-corrected chi connectivity index (χ2v) is 3.83. The average molecular weight is 244 g/mol. The molecule has 7 heteroatoms. The Balaban J connectivity index is 2.13. The van der Waals surface area contributed by atoms with Gasteiger partial charge in [-0.1, -0.05) is 18.2 Å². The van der Waals surface area contributed by atoms with Crippen LogP contribution in [0.4, 0.5) is 5.69 Å². The molecule has 0 unspecified atom stereocenters. The first-order valence-electron chi connectivity index (χ1n) is 5.22. The van der Waals surface area contributed by atoms with Crippen LogP contribution in [0.25, 0.3) is 0 Å². The van der Waals surface area contributed by atoms with Gasteiger partial charge in [-0.2, -0.15) is 4.98 Å². The van der Waals surface area contributed by atoms with Crippen LogP contribution in [0.2, 0.25) is 0 Å². The molecule has 1 aliphatic heterocycles. The number of hydrogen-bond acceptors (Lipinski definition) is 4. The largest absolute Gasteiger partial charge is 0.475 e. The molecular weight excluding hydrogens is 236 g/mol. The average Bonchev–Trinajstić information content (AvgIpc) is 2.71. The van der Waals surface area contributed by atoms with E-state index in [0.717, 1.165) is 5.56 Å². The quantitative estimate of drug-likeness (QED) is 0.765. The number of carbonyl (C=O) groups excluding carboxylic acids is 1. The zero-order valence-electron chi connectivity index (χ0n) is 9.12. The molecule has 0 atom stereocenters. The van der Waals surface area contributed by atoms with E-state index in [0.29, 0.717) is 12.2 Å². The van der Waals surface area contributed by atoms with E-state index in [2.05, 4.69) is 15.4 Å². The standard InChI is InChI=1S/C11H8N4O3/c16-10-9-13-8(11(17)18)14-15(9)5-6-3-1-2-4-7(6)12-10/h1-4H,5H2,(H,12,16)(H,17,18). The molecule has 0 saturated heterocycles. The Morgan fingerprint density at radius 1 is 1.39 bits per heavy atom. The van der Waals surface area contributed by atoms with Crippen molar-refractivity contribution in [1.82, 2.24) is 14.8 Å². The molecule has 1 aliphatic rings. The van der Waals surface area contributed by atoms with Gasteiger partial charge in [-0.3, -0.25) is 4.79 Å². The van der Waals surface area contributed by atoms with Crippen LogP contribution >= 0.6 is 0 Å². The van der Waals surface area contributed by atoms with Gasteiger partial charge in [0.2, 0.25) is 5.82 Å². The Kier molecular flexibility index (Phi) is 2.12. The van der Waals surface area contributed by atoms with Crippen molar-refractivity contribution in [3.05, 3.63) is 41.5 Å². The van der Waals surface area contributed by atoms with Crippen molar-refractivity contribution < 1.29 is 14.7 Å². The summed E-state index contributed by atoms with van der Waals surface area (Å²) in [5.41, 5.74) is 1.54. The fourth-order valence-corrected chi connectivity index (χ4v) is 1.83. The lowest BCUT2D eigenvalue weighted by atomic mass is 10.2. The molecule has 1 amide bonds. The fraction of sp³-hybridized carbons (Fsp3) is 0.0909. The third-order valence-electron chi connectivity index (χ3n) is 2.65. The Bertz CT molecular complexity index is 662. The predicted octanol–water partition coefficient (Wildman–Crippen LogP) is 0.590. The second kappa shape index (κ2) is 3.66. The van der Waals surface area contributed by atoms with E-state index in [4.69, 9.17) is 5.11 Å². The molecule has 90 valence electrons. The van der Waals surface area contributed by atoms with Gasteiger partial charge in [0.1, 0.15) is 0 Å². The maximum atomic E-state index is 11.9. The molecule has 2 aromatic rings. The molecule has 0 aliphatic carbocycles. The second-order valence-electron chi connectivity index (χ2n) is 3.83. The summed E-state index contributed by atoms with van der Waals surface area (Å²) in [6.07, 6.45) is 0. The number of benzene rings is 1. The molecule has 2 heterocycles. The summed E-state index contributed by atoms with van der Waals surface area (Å²) in [5.74, 6) is -2.08. The number of anilines is 1. The first-order valence-corrected chi connectivity index (χ1v) is 5.22.